The van der Waals surface area contributed by atoms with E-state index >= 15 is 0 Å². The van der Waals surface area contributed by atoms with Gasteiger partial charge in [0.25, 0.3) is 0 Å². The van der Waals surface area contributed by atoms with Crippen molar-refractivity contribution < 1.29 is 22.7 Å². The van der Waals surface area contributed by atoms with Gasteiger partial charge in [0, 0.05) is 38.0 Å². The third-order valence-corrected chi connectivity index (χ3v) is 7.75. The van der Waals surface area contributed by atoms with Crippen LogP contribution in [0.25, 0.3) is 0 Å². The van der Waals surface area contributed by atoms with Crippen LogP contribution >= 0.6 is 0 Å². The highest BCUT2D eigenvalue weighted by Crippen LogP contribution is 2.24. The van der Waals surface area contributed by atoms with Gasteiger partial charge in [-0.15, -0.1) is 0 Å². The molecule has 0 spiro atoms. The Balaban J connectivity index is 1.35. The lowest BCUT2D eigenvalue weighted by molar-refractivity contribution is -0.132. The number of aryl methyl sites for hydroxylation is 1. The molecule has 34 heavy (non-hydrogen) atoms. The smallest absolute Gasteiger partial charge is 0.243 e. The predicted molar refractivity (Wildman–Crippen MR) is 128 cm³/mol. The molecular formula is C24H28N4O5S. The Morgan fingerprint density at radius 2 is 1.76 bits per heavy atom. The standard InChI is InChI=1S/C24H28N4O5S/c1-18-7-8-20(34(31,32)27-13-15-33-16-14-27)17-22(18)25-23(29)9-10-24(30)28-12-11-21(26-28)19-5-3-2-4-6-19/h2-8,17H,9-16H2,1H3,(H,25,29). The monoisotopic (exact) mass is 484 g/mol. The van der Waals surface area contributed by atoms with E-state index in [1.165, 1.54) is 21.4 Å². The Bertz CT molecular complexity index is 1190. The maximum absolute atomic E-state index is 12.9. The number of hydrogen-bond donors (Lipinski definition) is 1. The number of anilines is 1. The molecule has 0 radical (unpaired) electrons. The summed E-state index contributed by atoms with van der Waals surface area (Å²) >= 11 is 0. The quantitative estimate of drug-likeness (QED) is 0.649. The minimum absolute atomic E-state index is 0.0161. The van der Waals surface area contributed by atoms with Gasteiger partial charge in [-0.3, -0.25) is 9.59 Å². The van der Waals surface area contributed by atoms with Gasteiger partial charge >= 0.3 is 0 Å². The third kappa shape index (κ3) is 5.52. The SMILES string of the molecule is Cc1ccc(S(=O)(=O)N2CCOCC2)cc1NC(=O)CCC(=O)N1CCC(c2ccccc2)=N1. The number of rotatable bonds is 7. The molecule has 9 nitrogen and oxygen atoms in total. The number of morpholine rings is 1. The zero-order valence-electron chi connectivity index (χ0n) is 19.1. The lowest BCUT2D eigenvalue weighted by atomic mass is 10.1. The summed E-state index contributed by atoms with van der Waals surface area (Å²) in [4.78, 5) is 25.2. The van der Waals surface area contributed by atoms with E-state index in [9.17, 15) is 18.0 Å². The number of hydrazone groups is 1. The molecule has 2 aromatic rings. The van der Waals surface area contributed by atoms with Crippen molar-refractivity contribution in [2.75, 3.05) is 38.2 Å². The van der Waals surface area contributed by atoms with Crippen LogP contribution in [0.1, 0.15) is 30.4 Å². The molecule has 0 aliphatic carbocycles. The van der Waals surface area contributed by atoms with Crippen molar-refractivity contribution >= 4 is 33.2 Å². The van der Waals surface area contributed by atoms with E-state index in [1.807, 2.05) is 30.3 Å². The van der Waals surface area contributed by atoms with E-state index < -0.39 is 10.0 Å². The van der Waals surface area contributed by atoms with Crippen molar-refractivity contribution in [1.29, 1.82) is 0 Å². The summed E-state index contributed by atoms with van der Waals surface area (Å²) in [5, 5.41) is 8.57. The van der Waals surface area contributed by atoms with Gasteiger partial charge < -0.3 is 10.1 Å². The highest BCUT2D eigenvalue weighted by atomic mass is 32.2. The first-order valence-corrected chi connectivity index (χ1v) is 12.7. The molecule has 4 rings (SSSR count). The van der Waals surface area contributed by atoms with Gasteiger partial charge in [0.2, 0.25) is 21.8 Å². The highest BCUT2D eigenvalue weighted by Gasteiger charge is 2.27. The minimum Gasteiger partial charge on any atom is -0.379 e. The lowest BCUT2D eigenvalue weighted by Gasteiger charge is -2.26. The number of carbonyl (C=O) groups is 2. The number of nitrogens with zero attached hydrogens (tertiary/aromatic N) is 3. The first kappa shape index (κ1) is 24.1. The van der Waals surface area contributed by atoms with Crippen molar-refractivity contribution in [3.05, 3.63) is 59.7 Å². The van der Waals surface area contributed by atoms with E-state index in [0.717, 1.165) is 16.8 Å². The van der Waals surface area contributed by atoms with Gasteiger partial charge in [-0.2, -0.15) is 9.41 Å². The van der Waals surface area contributed by atoms with Crippen molar-refractivity contribution in [1.82, 2.24) is 9.31 Å². The van der Waals surface area contributed by atoms with Crippen LogP contribution in [0.2, 0.25) is 0 Å². The number of hydrogen-bond acceptors (Lipinski definition) is 6. The highest BCUT2D eigenvalue weighted by molar-refractivity contribution is 7.89. The van der Waals surface area contributed by atoms with E-state index in [2.05, 4.69) is 10.4 Å². The molecule has 1 N–H and O–H groups in total. The molecular weight excluding hydrogens is 456 g/mol. The van der Waals surface area contributed by atoms with Crippen LogP contribution in [0.15, 0.2) is 58.5 Å². The van der Waals surface area contributed by atoms with E-state index in [0.29, 0.717) is 45.0 Å². The molecule has 180 valence electrons. The van der Waals surface area contributed by atoms with Crippen molar-refractivity contribution in [3.63, 3.8) is 0 Å². The maximum atomic E-state index is 12.9. The molecule has 0 unspecified atom stereocenters. The summed E-state index contributed by atoms with van der Waals surface area (Å²) < 4.78 is 32.5. The minimum atomic E-state index is -3.68. The fourth-order valence-corrected chi connectivity index (χ4v) is 5.30. The Kier molecular flexibility index (Phi) is 7.40. The fraction of sp³-hybridized carbons (Fsp3) is 0.375. The number of nitrogens with one attached hydrogen (secondary N) is 1. The molecule has 10 heteroatoms. The molecule has 0 bridgehead atoms. The van der Waals surface area contributed by atoms with Crippen LogP contribution in [0.5, 0.6) is 0 Å². The zero-order chi connectivity index (χ0) is 24.1. The number of ether oxygens (including phenoxy) is 1. The molecule has 0 atom stereocenters. The van der Waals surface area contributed by atoms with Gasteiger partial charge in [-0.1, -0.05) is 36.4 Å². The summed E-state index contributed by atoms with van der Waals surface area (Å²) in [5.41, 5.74) is 2.99. The molecule has 2 aromatic carbocycles. The molecule has 0 aromatic heterocycles. The number of sulfonamides is 1. The normalized spacial score (nSPS) is 16.9. The molecule has 2 aliphatic rings. The molecule has 1 fully saturated rings. The molecule has 2 heterocycles. The summed E-state index contributed by atoms with van der Waals surface area (Å²) in [6.45, 7) is 3.59. The van der Waals surface area contributed by atoms with E-state index in [4.69, 9.17) is 4.74 Å². The summed E-state index contributed by atoms with van der Waals surface area (Å²) in [6, 6.07) is 14.4. The second-order valence-electron chi connectivity index (χ2n) is 8.22. The average Bonchev–Trinajstić information content (AvgIpc) is 3.35. The number of benzene rings is 2. The van der Waals surface area contributed by atoms with Gasteiger partial charge in [0.05, 0.1) is 30.4 Å². The van der Waals surface area contributed by atoms with E-state index in [1.54, 1.807) is 13.0 Å². The van der Waals surface area contributed by atoms with Crippen LogP contribution < -0.4 is 5.32 Å². The van der Waals surface area contributed by atoms with Crippen molar-refractivity contribution in [3.8, 4) is 0 Å². The largest absolute Gasteiger partial charge is 0.379 e. The molecule has 0 saturated carbocycles. The topological polar surface area (TPSA) is 108 Å². The Morgan fingerprint density at radius 3 is 2.50 bits per heavy atom. The average molecular weight is 485 g/mol. The zero-order valence-corrected chi connectivity index (χ0v) is 19.9. The molecule has 1 saturated heterocycles. The predicted octanol–water partition coefficient (Wildman–Crippen LogP) is 2.37. The Labute approximate surface area is 199 Å². The third-order valence-electron chi connectivity index (χ3n) is 5.85. The van der Waals surface area contributed by atoms with E-state index in [-0.39, 0.29) is 29.6 Å². The number of amides is 2. The fourth-order valence-electron chi connectivity index (χ4n) is 3.87. The number of carbonyl (C=O) groups excluding carboxylic acids is 2. The molecule has 2 aliphatic heterocycles. The van der Waals surface area contributed by atoms with Crippen LogP contribution in [-0.2, 0) is 24.3 Å². The van der Waals surface area contributed by atoms with Gasteiger partial charge in [-0.25, -0.2) is 13.4 Å². The first-order chi connectivity index (χ1) is 16.3. The van der Waals surface area contributed by atoms with Crippen LogP contribution in [0.4, 0.5) is 5.69 Å². The van der Waals surface area contributed by atoms with Gasteiger partial charge in [-0.05, 0) is 30.2 Å². The maximum Gasteiger partial charge on any atom is 0.243 e. The first-order valence-electron chi connectivity index (χ1n) is 11.3. The second-order valence-corrected chi connectivity index (χ2v) is 10.2. The van der Waals surface area contributed by atoms with Gasteiger partial charge in [0.1, 0.15) is 0 Å². The Hall–Kier alpha value is -3.08. The summed E-state index contributed by atoms with van der Waals surface area (Å²) in [5.74, 6) is -0.578. The van der Waals surface area contributed by atoms with Gasteiger partial charge in [0.15, 0.2) is 0 Å². The lowest BCUT2D eigenvalue weighted by Crippen LogP contribution is -2.40. The van der Waals surface area contributed by atoms with Crippen LogP contribution in [0, 0.1) is 6.92 Å². The summed E-state index contributed by atoms with van der Waals surface area (Å²) in [7, 11) is -3.68. The summed E-state index contributed by atoms with van der Waals surface area (Å²) in [6.07, 6.45) is 0.666. The Morgan fingerprint density at radius 1 is 1.03 bits per heavy atom. The van der Waals surface area contributed by atoms with Crippen molar-refractivity contribution in [2.45, 2.75) is 31.1 Å². The van der Waals surface area contributed by atoms with Crippen LogP contribution in [-0.4, -0.2) is 68.1 Å². The van der Waals surface area contributed by atoms with Crippen molar-refractivity contribution in [2.24, 2.45) is 5.10 Å². The second kappa shape index (κ2) is 10.5. The molecule has 2 amide bonds. The van der Waals surface area contributed by atoms with Crippen LogP contribution in [0.3, 0.4) is 0 Å².